The fourth-order valence-corrected chi connectivity index (χ4v) is 6.82. The van der Waals surface area contributed by atoms with E-state index in [-0.39, 0.29) is 19.0 Å². The molecule has 3 aromatic rings. The number of fused-ring (bicyclic) bond motifs is 1. The van der Waals surface area contributed by atoms with E-state index >= 15 is 0 Å². The molecule has 0 bridgehead atoms. The summed E-state index contributed by atoms with van der Waals surface area (Å²) in [7, 11) is -1.96. The van der Waals surface area contributed by atoms with Gasteiger partial charge in [0.2, 0.25) is 10.0 Å². The Balaban J connectivity index is 1.24. The number of carbonyl (C=O) groups is 1. The molecule has 7 nitrogen and oxygen atoms in total. The fourth-order valence-electron chi connectivity index (χ4n) is 4.55. The smallest absolute Gasteiger partial charge is 0.273 e. The number of hydrogen-bond acceptors (Lipinski definition) is 6. The summed E-state index contributed by atoms with van der Waals surface area (Å²) >= 11 is 1.42. The SMILES string of the molecule is COc1ccc(-c2nc(C(=O)N3CCN(S(=O)(=O)c4ccc5c(c4)CCCC5)CC3)cs2)cc1. The van der Waals surface area contributed by atoms with E-state index in [1.807, 2.05) is 36.4 Å². The molecule has 1 aromatic heterocycles. The predicted molar refractivity (Wildman–Crippen MR) is 132 cm³/mol. The van der Waals surface area contributed by atoms with E-state index < -0.39 is 10.0 Å². The second-order valence-electron chi connectivity index (χ2n) is 8.60. The van der Waals surface area contributed by atoms with Crippen LogP contribution in [-0.2, 0) is 22.9 Å². The summed E-state index contributed by atoms with van der Waals surface area (Å²) in [6, 6.07) is 13.1. The summed E-state index contributed by atoms with van der Waals surface area (Å²) in [5.74, 6) is 0.599. The quantitative estimate of drug-likeness (QED) is 0.535. The van der Waals surface area contributed by atoms with Gasteiger partial charge >= 0.3 is 0 Å². The van der Waals surface area contributed by atoms with Crippen LogP contribution in [0.3, 0.4) is 0 Å². The van der Waals surface area contributed by atoms with Crippen LogP contribution in [0.25, 0.3) is 10.6 Å². The number of aryl methyl sites for hydroxylation is 2. The Kier molecular flexibility index (Phi) is 6.42. The number of carbonyl (C=O) groups excluding carboxylic acids is 1. The largest absolute Gasteiger partial charge is 0.497 e. The highest BCUT2D eigenvalue weighted by Crippen LogP contribution is 2.28. The van der Waals surface area contributed by atoms with Gasteiger partial charge < -0.3 is 9.64 Å². The molecule has 1 saturated heterocycles. The third-order valence-electron chi connectivity index (χ3n) is 6.54. The van der Waals surface area contributed by atoms with Crippen LogP contribution in [0.15, 0.2) is 52.7 Å². The molecule has 0 N–H and O–H groups in total. The van der Waals surface area contributed by atoms with Gasteiger partial charge in [-0.3, -0.25) is 4.79 Å². The van der Waals surface area contributed by atoms with Gasteiger partial charge in [-0.1, -0.05) is 6.07 Å². The lowest BCUT2D eigenvalue weighted by molar-refractivity contribution is 0.0693. The number of ether oxygens (including phenoxy) is 1. The van der Waals surface area contributed by atoms with Crippen molar-refractivity contribution < 1.29 is 17.9 Å². The third-order valence-corrected chi connectivity index (χ3v) is 9.33. The summed E-state index contributed by atoms with van der Waals surface area (Å²) in [5.41, 5.74) is 3.72. The number of benzene rings is 2. The molecule has 178 valence electrons. The molecule has 34 heavy (non-hydrogen) atoms. The van der Waals surface area contributed by atoms with Gasteiger partial charge in [0.15, 0.2) is 0 Å². The molecule has 0 spiro atoms. The number of hydrogen-bond donors (Lipinski definition) is 0. The van der Waals surface area contributed by atoms with E-state index in [2.05, 4.69) is 4.98 Å². The third kappa shape index (κ3) is 4.47. The molecule has 1 fully saturated rings. The maximum absolute atomic E-state index is 13.2. The van der Waals surface area contributed by atoms with Crippen LogP contribution in [0, 0.1) is 0 Å². The number of sulfonamides is 1. The Hall–Kier alpha value is -2.75. The maximum Gasteiger partial charge on any atom is 0.273 e. The Morgan fingerprint density at radius 2 is 1.68 bits per heavy atom. The molecule has 0 atom stereocenters. The zero-order chi connectivity index (χ0) is 23.7. The molecule has 2 heterocycles. The molecule has 1 aliphatic carbocycles. The van der Waals surface area contributed by atoms with Crippen molar-refractivity contribution in [3.63, 3.8) is 0 Å². The molecular formula is C25H27N3O4S2. The number of amides is 1. The highest BCUT2D eigenvalue weighted by atomic mass is 32.2. The van der Waals surface area contributed by atoms with Gasteiger partial charge in [0.25, 0.3) is 5.91 Å². The van der Waals surface area contributed by atoms with Crippen molar-refractivity contribution >= 4 is 27.3 Å². The molecular weight excluding hydrogens is 470 g/mol. The number of rotatable bonds is 5. The molecule has 2 aliphatic rings. The average Bonchev–Trinajstić information content (AvgIpc) is 3.38. The molecule has 0 unspecified atom stereocenters. The lowest BCUT2D eigenvalue weighted by Crippen LogP contribution is -2.50. The minimum atomic E-state index is -3.58. The summed E-state index contributed by atoms with van der Waals surface area (Å²) in [6.45, 7) is 1.25. The van der Waals surface area contributed by atoms with Crippen LogP contribution >= 0.6 is 11.3 Å². The van der Waals surface area contributed by atoms with Gasteiger partial charge in [0.1, 0.15) is 16.5 Å². The highest BCUT2D eigenvalue weighted by Gasteiger charge is 2.31. The number of piperazine rings is 1. The van der Waals surface area contributed by atoms with E-state index in [1.54, 1.807) is 23.5 Å². The summed E-state index contributed by atoms with van der Waals surface area (Å²) < 4.78 is 33.1. The first kappa shape index (κ1) is 23.0. The molecule has 1 aliphatic heterocycles. The molecule has 0 saturated carbocycles. The van der Waals surface area contributed by atoms with Crippen molar-refractivity contribution in [3.8, 4) is 16.3 Å². The minimum absolute atomic E-state index is 0.165. The number of aromatic nitrogens is 1. The zero-order valence-corrected chi connectivity index (χ0v) is 20.7. The number of nitrogens with zero attached hydrogens (tertiary/aromatic N) is 3. The summed E-state index contributed by atoms with van der Waals surface area (Å²) in [4.78, 5) is 19.6. The fraction of sp³-hybridized carbons (Fsp3) is 0.360. The highest BCUT2D eigenvalue weighted by molar-refractivity contribution is 7.89. The van der Waals surface area contributed by atoms with Crippen LogP contribution < -0.4 is 4.74 Å². The normalized spacial score (nSPS) is 16.8. The average molecular weight is 498 g/mol. The second-order valence-corrected chi connectivity index (χ2v) is 11.4. The Morgan fingerprint density at radius 1 is 0.971 bits per heavy atom. The first-order valence-electron chi connectivity index (χ1n) is 11.5. The van der Waals surface area contributed by atoms with Crippen molar-refractivity contribution in [3.05, 3.63) is 64.7 Å². The van der Waals surface area contributed by atoms with Crippen LogP contribution in [0.2, 0.25) is 0 Å². The van der Waals surface area contributed by atoms with Crippen LogP contribution in [0.5, 0.6) is 5.75 Å². The van der Waals surface area contributed by atoms with Gasteiger partial charge in [0, 0.05) is 37.1 Å². The van der Waals surface area contributed by atoms with E-state index in [4.69, 9.17) is 4.74 Å². The zero-order valence-electron chi connectivity index (χ0n) is 19.1. The maximum atomic E-state index is 13.2. The molecule has 5 rings (SSSR count). The second kappa shape index (κ2) is 9.48. The molecule has 2 aromatic carbocycles. The van der Waals surface area contributed by atoms with Crippen molar-refractivity contribution in [2.24, 2.45) is 0 Å². The monoisotopic (exact) mass is 497 g/mol. The van der Waals surface area contributed by atoms with Gasteiger partial charge in [-0.25, -0.2) is 13.4 Å². The Labute approximate surface area is 204 Å². The lowest BCUT2D eigenvalue weighted by Gasteiger charge is -2.33. The summed E-state index contributed by atoms with van der Waals surface area (Å²) in [5, 5.41) is 2.53. The first-order valence-corrected chi connectivity index (χ1v) is 13.8. The van der Waals surface area contributed by atoms with E-state index in [1.165, 1.54) is 21.2 Å². The Bertz CT molecular complexity index is 1290. The van der Waals surface area contributed by atoms with Gasteiger partial charge in [0.05, 0.1) is 12.0 Å². The van der Waals surface area contributed by atoms with E-state index in [0.717, 1.165) is 47.6 Å². The van der Waals surface area contributed by atoms with Crippen molar-refractivity contribution in [1.82, 2.24) is 14.2 Å². The first-order chi connectivity index (χ1) is 16.5. The van der Waals surface area contributed by atoms with Gasteiger partial charge in [-0.2, -0.15) is 4.31 Å². The molecule has 1 amide bonds. The molecule has 9 heteroatoms. The van der Waals surface area contributed by atoms with Gasteiger partial charge in [-0.15, -0.1) is 11.3 Å². The van der Waals surface area contributed by atoms with Crippen molar-refractivity contribution in [2.45, 2.75) is 30.6 Å². The van der Waals surface area contributed by atoms with Crippen LogP contribution in [0.4, 0.5) is 0 Å². The van der Waals surface area contributed by atoms with Crippen molar-refractivity contribution in [1.29, 1.82) is 0 Å². The van der Waals surface area contributed by atoms with Crippen molar-refractivity contribution in [2.75, 3.05) is 33.3 Å². The number of thiazole rings is 1. The summed E-state index contributed by atoms with van der Waals surface area (Å²) in [6.07, 6.45) is 4.23. The van der Waals surface area contributed by atoms with Crippen LogP contribution in [0.1, 0.15) is 34.5 Å². The van der Waals surface area contributed by atoms with E-state index in [9.17, 15) is 13.2 Å². The standard InChI is InChI=1S/C25H27N3O4S2/c1-32-21-9-6-19(7-10-21)24-26-23(17-33-24)25(29)27-12-14-28(15-13-27)34(30,31)22-11-8-18-4-2-3-5-20(18)16-22/h6-11,16-17H,2-5,12-15H2,1H3. The van der Waals surface area contributed by atoms with E-state index in [0.29, 0.717) is 23.7 Å². The minimum Gasteiger partial charge on any atom is -0.497 e. The Morgan fingerprint density at radius 3 is 2.38 bits per heavy atom. The predicted octanol–water partition coefficient (Wildman–Crippen LogP) is 3.84. The topological polar surface area (TPSA) is 79.8 Å². The van der Waals surface area contributed by atoms with Gasteiger partial charge in [-0.05, 0) is 73.2 Å². The lowest BCUT2D eigenvalue weighted by atomic mass is 9.92. The van der Waals surface area contributed by atoms with Crippen LogP contribution in [-0.4, -0.2) is 61.8 Å². The number of methoxy groups -OCH3 is 1. The molecule has 0 radical (unpaired) electrons.